The Bertz CT molecular complexity index is 2140. The number of rotatable bonds is 5. The third-order valence-corrected chi connectivity index (χ3v) is 10.1. The monoisotopic (exact) mass is 801 g/mol. The molecule has 5 nitrogen and oxygen atoms in total. The number of fused-ring (bicyclic) bond motifs is 2. The van der Waals surface area contributed by atoms with Gasteiger partial charge in [-0.2, -0.15) is 0 Å². The first-order chi connectivity index (χ1) is 22.5. The van der Waals surface area contributed by atoms with Gasteiger partial charge in [-0.25, -0.2) is 0 Å². The molecule has 0 radical (unpaired) electrons. The molecule has 0 spiro atoms. The number of ether oxygens (including phenoxy) is 1. The molecule has 6 heteroatoms. The zero-order chi connectivity index (χ0) is 32.9. The van der Waals surface area contributed by atoms with Gasteiger partial charge in [0.1, 0.15) is 0 Å². The number of aryl methyl sites for hydroxylation is 1. The van der Waals surface area contributed by atoms with Crippen molar-refractivity contribution in [3.8, 4) is 22.9 Å². The van der Waals surface area contributed by atoms with Crippen LogP contribution in [0.5, 0.6) is 11.5 Å². The first-order valence-electron chi connectivity index (χ1n) is 16.4. The van der Waals surface area contributed by atoms with E-state index < -0.39 is 0 Å². The molecule has 0 unspecified atom stereocenters. The molecule has 0 fully saturated rings. The molecule has 0 amide bonds. The quantitative estimate of drug-likeness (QED) is 0.174. The van der Waals surface area contributed by atoms with Crippen LogP contribution in [0.1, 0.15) is 64.7 Å². The molecule has 6 aromatic rings. The van der Waals surface area contributed by atoms with Crippen LogP contribution in [0.3, 0.4) is 0 Å². The maximum atomic E-state index is 6.59. The van der Waals surface area contributed by atoms with Gasteiger partial charge in [0.05, 0.1) is 0 Å². The predicted octanol–water partition coefficient (Wildman–Crippen LogP) is 10.4. The fraction of sp³-hybridized carbons (Fsp3) is 0.268. The van der Waals surface area contributed by atoms with Crippen molar-refractivity contribution in [3.05, 3.63) is 130 Å². The number of anilines is 2. The molecule has 0 aliphatic carbocycles. The number of aromatic nitrogens is 3. The zero-order valence-electron chi connectivity index (χ0n) is 28.0. The topological polar surface area (TPSA) is 35.2 Å². The van der Waals surface area contributed by atoms with E-state index >= 15 is 0 Å². The Morgan fingerprint density at radius 2 is 1.34 bits per heavy atom. The van der Waals surface area contributed by atoms with Crippen molar-refractivity contribution in [3.63, 3.8) is 0 Å². The van der Waals surface area contributed by atoms with Gasteiger partial charge >= 0.3 is 246 Å². The van der Waals surface area contributed by atoms with Crippen LogP contribution in [-0.2, 0) is 36.6 Å². The number of benzene rings is 4. The zero-order valence-corrected chi connectivity index (χ0v) is 30.3. The first-order valence-corrected chi connectivity index (χ1v) is 17.6. The van der Waals surface area contributed by atoms with Gasteiger partial charge in [0.25, 0.3) is 0 Å². The van der Waals surface area contributed by atoms with Crippen LogP contribution in [0.2, 0.25) is 0 Å². The van der Waals surface area contributed by atoms with Gasteiger partial charge in [0.15, 0.2) is 0 Å². The van der Waals surface area contributed by atoms with Crippen LogP contribution >= 0.6 is 0 Å². The van der Waals surface area contributed by atoms with E-state index in [-0.39, 0.29) is 10.8 Å². The second-order valence-electron chi connectivity index (χ2n) is 14.5. The molecule has 4 aromatic carbocycles. The van der Waals surface area contributed by atoms with Crippen molar-refractivity contribution in [1.29, 1.82) is 0 Å². The van der Waals surface area contributed by atoms with Gasteiger partial charge in [-0.1, -0.05) is 20.8 Å². The summed E-state index contributed by atoms with van der Waals surface area (Å²) in [4.78, 5) is 7.13. The Morgan fingerprint density at radius 1 is 0.660 bits per heavy atom. The molecule has 1 aliphatic heterocycles. The summed E-state index contributed by atoms with van der Waals surface area (Å²) in [6.45, 7) is 14.4. The number of hydrogen-bond donors (Lipinski definition) is 0. The third kappa shape index (κ3) is 6.14. The summed E-state index contributed by atoms with van der Waals surface area (Å²) in [5.74, 6) is 2.61. The van der Waals surface area contributed by atoms with Gasteiger partial charge in [-0.05, 0) is 17.0 Å². The van der Waals surface area contributed by atoms with Gasteiger partial charge in [0, 0.05) is 6.20 Å². The Balaban J connectivity index is 1.23. The number of nitrogens with zero attached hydrogens (tertiary/aromatic N) is 4. The number of imidazole rings is 1. The van der Waals surface area contributed by atoms with Crippen molar-refractivity contribution >= 4 is 22.5 Å². The van der Waals surface area contributed by atoms with Gasteiger partial charge in [-0.15, -0.1) is 0 Å². The first kappa shape index (κ1) is 31.4. The molecule has 47 heavy (non-hydrogen) atoms. The van der Waals surface area contributed by atoms with E-state index in [1.807, 2.05) is 12.3 Å². The normalized spacial score (nSPS) is 13.6. The summed E-state index contributed by atoms with van der Waals surface area (Å²) in [5, 5.41) is 0. The molecule has 7 rings (SSSR count). The number of pyridine rings is 1. The summed E-state index contributed by atoms with van der Waals surface area (Å²) >= 11 is 2.45. The Kier molecular flexibility index (Phi) is 8.08. The minimum absolute atomic E-state index is 0.0609. The summed E-state index contributed by atoms with van der Waals surface area (Å²) in [5.41, 5.74) is 9.78. The van der Waals surface area contributed by atoms with Crippen LogP contribution in [0.15, 0.2) is 109 Å². The molecular weight excluding hydrogens is 760 g/mol. The molecule has 0 bridgehead atoms. The molecule has 0 saturated carbocycles. The van der Waals surface area contributed by atoms with Crippen molar-refractivity contribution < 1.29 is 24.1 Å². The van der Waals surface area contributed by atoms with E-state index in [0.717, 1.165) is 62.9 Å². The predicted molar refractivity (Wildman–Crippen MR) is 189 cm³/mol. The average Bonchev–Trinajstić information content (AvgIpc) is 3.35. The molecule has 0 saturated heterocycles. The van der Waals surface area contributed by atoms with Crippen molar-refractivity contribution in [2.24, 2.45) is 0 Å². The summed E-state index contributed by atoms with van der Waals surface area (Å²) in [6.07, 6.45) is 4.09. The van der Waals surface area contributed by atoms with Gasteiger partial charge in [-0.3, -0.25) is 0 Å². The van der Waals surface area contributed by atoms with E-state index in [2.05, 4.69) is 172 Å². The molecule has 0 N–H and O–H groups in total. The Hall–Kier alpha value is -4.21. The van der Waals surface area contributed by atoms with Crippen molar-refractivity contribution in [2.45, 2.75) is 65.2 Å². The number of hydrogen-bond acceptors (Lipinski definition) is 3. The van der Waals surface area contributed by atoms with Crippen molar-refractivity contribution in [2.75, 3.05) is 11.4 Å². The average molecular weight is 802 g/mol. The maximum absolute atomic E-state index is 6.59. The minimum atomic E-state index is 0.0609. The molecule has 1 aliphatic rings. The SMILES string of the molecule is CC(C)(C)c1ccc(-n2[c](=[Pt])n(-c3cccc(Oc4ccc5c(c4)N(c4cc(C(C)(C)C)ccn4)CCC5)c3)c3ccccc32)cc1. The van der Waals surface area contributed by atoms with Crippen LogP contribution in [0.4, 0.5) is 11.5 Å². The fourth-order valence-electron chi connectivity index (χ4n) is 6.42. The van der Waals surface area contributed by atoms with E-state index in [0.29, 0.717) is 0 Å². The molecule has 3 heterocycles. The van der Waals surface area contributed by atoms with Crippen molar-refractivity contribution in [1.82, 2.24) is 14.1 Å². The second kappa shape index (κ2) is 12.1. The third-order valence-electron chi connectivity index (χ3n) is 9.07. The van der Waals surface area contributed by atoms with Crippen LogP contribution in [0, 0.1) is 3.80 Å². The molecule has 2 aromatic heterocycles. The number of para-hydroxylation sites is 2. The molecule has 242 valence electrons. The van der Waals surface area contributed by atoms with Gasteiger partial charge in [0.2, 0.25) is 0 Å². The van der Waals surface area contributed by atoms with Gasteiger partial charge < -0.3 is 0 Å². The summed E-state index contributed by atoms with van der Waals surface area (Å²) < 4.78 is 12.3. The Morgan fingerprint density at radius 3 is 2.04 bits per heavy atom. The standard InChI is InChI=1S/C41H42N4O.Pt/c1-40(2,3)30-17-19-32(20-18-30)44-28-45(37-15-8-7-14-36(37)44)33-12-9-13-34(26-33)46-35-21-16-29-11-10-24-43(38(29)27-35)39-25-31(22-23-42-39)41(4,5)6;/h7-9,12-23,25-27H,10-11,24H2,1-6H3;. The van der Waals surface area contributed by atoms with Crippen LogP contribution < -0.4 is 9.64 Å². The molecular formula is C41H42N4OPt. The van der Waals surface area contributed by atoms with E-state index in [4.69, 9.17) is 9.72 Å². The van der Waals surface area contributed by atoms with E-state index in [1.54, 1.807) is 0 Å². The van der Waals surface area contributed by atoms with Crippen LogP contribution in [-0.4, -0.2) is 20.7 Å². The van der Waals surface area contributed by atoms with Crippen LogP contribution in [0.25, 0.3) is 22.4 Å². The van der Waals surface area contributed by atoms with E-state index in [9.17, 15) is 0 Å². The fourth-order valence-corrected chi connectivity index (χ4v) is 7.56. The van der Waals surface area contributed by atoms with E-state index in [1.165, 1.54) is 22.4 Å². The molecule has 0 atom stereocenters. The Labute approximate surface area is 288 Å². The second-order valence-corrected chi connectivity index (χ2v) is 15.5. The summed E-state index contributed by atoms with van der Waals surface area (Å²) in [7, 11) is 0. The summed E-state index contributed by atoms with van der Waals surface area (Å²) in [6, 6.07) is 36.8.